The van der Waals surface area contributed by atoms with Gasteiger partial charge in [0.1, 0.15) is 5.40 Å². The quantitative estimate of drug-likeness (QED) is 0.546. The molecule has 1 heterocycles. The fourth-order valence-electron chi connectivity index (χ4n) is 0.984. The molecule has 0 aliphatic rings. The molecule has 0 saturated carbocycles. The van der Waals surface area contributed by atoms with E-state index in [-0.39, 0.29) is 0 Å². The van der Waals surface area contributed by atoms with Gasteiger partial charge in [-0.3, -0.25) is 0 Å². The van der Waals surface area contributed by atoms with Crippen LogP contribution in [0.4, 0.5) is 0 Å². The van der Waals surface area contributed by atoms with Crippen LogP contribution in [0.15, 0.2) is 12.1 Å². The smallest absolute Gasteiger partial charge is 0.133 e. The van der Waals surface area contributed by atoms with Crippen LogP contribution in [0.5, 0.6) is 0 Å². The molecule has 0 aliphatic carbocycles. The van der Waals surface area contributed by atoms with Crippen molar-refractivity contribution in [1.29, 1.82) is 5.26 Å². The van der Waals surface area contributed by atoms with E-state index in [0.29, 0.717) is 0 Å². The number of thiophene rings is 1. The van der Waals surface area contributed by atoms with Crippen LogP contribution in [-0.2, 0) is 6.42 Å². The minimum atomic E-state index is 0.952. The van der Waals surface area contributed by atoms with Gasteiger partial charge < -0.3 is 0 Å². The zero-order valence-corrected chi connectivity index (χ0v) is 8.67. The highest BCUT2D eigenvalue weighted by molar-refractivity contribution is 8.03. The molecule has 12 heavy (non-hydrogen) atoms. The normalized spacial score (nSPS) is 9.67. The predicted octanol–water partition coefficient (Wildman–Crippen LogP) is 3.20. The van der Waals surface area contributed by atoms with Crippen molar-refractivity contribution in [1.82, 2.24) is 0 Å². The Hall–Kier alpha value is -0.460. The molecule has 0 aromatic carbocycles. The molecule has 1 aromatic heterocycles. The summed E-state index contributed by atoms with van der Waals surface area (Å²) >= 11 is 3.20. The minimum absolute atomic E-state index is 0.952. The molecule has 1 aromatic rings. The van der Waals surface area contributed by atoms with Gasteiger partial charge in [-0.25, -0.2) is 0 Å². The molecule has 0 aliphatic heterocycles. The van der Waals surface area contributed by atoms with Crippen LogP contribution >= 0.6 is 23.1 Å². The first-order valence-corrected chi connectivity index (χ1v) is 5.69. The standard InChI is InChI=1S/C9H11NS2/c1-8-4-5-9(12-8)3-2-6-11-7-10/h4-5H,2-3,6H2,1H3. The first kappa shape index (κ1) is 9.63. The lowest BCUT2D eigenvalue weighted by atomic mass is 10.3. The zero-order chi connectivity index (χ0) is 8.81. The Balaban J connectivity index is 2.21. The van der Waals surface area contributed by atoms with Crippen molar-refractivity contribution < 1.29 is 0 Å². The Kier molecular flexibility index (Phi) is 4.20. The van der Waals surface area contributed by atoms with Gasteiger partial charge in [0.2, 0.25) is 0 Å². The number of rotatable bonds is 4. The summed E-state index contributed by atoms with van der Waals surface area (Å²) in [6.07, 6.45) is 2.23. The maximum Gasteiger partial charge on any atom is 0.133 e. The van der Waals surface area contributed by atoms with E-state index >= 15 is 0 Å². The lowest BCUT2D eigenvalue weighted by Crippen LogP contribution is -1.82. The van der Waals surface area contributed by atoms with Crippen LogP contribution in [-0.4, -0.2) is 5.75 Å². The lowest BCUT2D eigenvalue weighted by Gasteiger charge is -1.92. The van der Waals surface area contributed by atoms with Crippen LogP contribution in [0.2, 0.25) is 0 Å². The van der Waals surface area contributed by atoms with E-state index in [2.05, 4.69) is 24.5 Å². The molecule has 0 N–H and O–H groups in total. The minimum Gasteiger partial charge on any atom is -0.185 e. The van der Waals surface area contributed by atoms with E-state index in [4.69, 9.17) is 5.26 Å². The van der Waals surface area contributed by atoms with Crippen molar-refractivity contribution in [2.45, 2.75) is 19.8 Å². The van der Waals surface area contributed by atoms with Crippen LogP contribution in [0, 0.1) is 17.6 Å². The van der Waals surface area contributed by atoms with Crippen LogP contribution in [0.1, 0.15) is 16.2 Å². The second-order valence-electron chi connectivity index (χ2n) is 2.56. The third kappa shape index (κ3) is 3.29. The summed E-state index contributed by atoms with van der Waals surface area (Å²) in [6, 6.07) is 4.33. The van der Waals surface area contributed by atoms with E-state index in [1.165, 1.54) is 21.5 Å². The van der Waals surface area contributed by atoms with E-state index in [9.17, 15) is 0 Å². The monoisotopic (exact) mass is 197 g/mol. The van der Waals surface area contributed by atoms with E-state index in [0.717, 1.165) is 18.6 Å². The first-order chi connectivity index (χ1) is 5.83. The van der Waals surface area contributed by atoms with Crippen molar-refractivity contribution in [3.8, 4) is 5.40 Å². The molecule has 0 amide bonds. The Morgan fingerprint density at radius 3 is 3.00 bits per heavy atom. The molecule has 0 spiro atoms. The molecular weight excluding hydrogens is 186 g/mol. The molecule has 0 radical (unpaired) electrons. The predicted molar refractivity (Wildman–Crippen MR) is 55.4 cm³/mol. The maximum absolute atomic E-state index is 8.28. The summed E-state index contributed by atoms with van der Waals surface area (Å²) in [5.41, 5.74) is 0. The Labute approximate surface area is 81.4 Å². The number of nitrogens with zero attached hydrogens (tertiary/aromatic N) is 1. The average molecular weight is 197 g/mol. The summed E-state index contributed by atoms with van der Waals surface area (Å²) in [4.78, 5) is 2.81. The molecule has 64 valence electrons. The SMILES string of the molecule is Cc1ccc(CCCSC#N)s1. The fourth-order valence-corrected chi connectivity index (χ4v) is 2.30. The summed E-state index contributed by atoms with van der Waals surface area (Å²) in [5, 5.41) is 10.4. The second kappa shape index (κ2) is 5.23. The van der Waals surface area contributed by atoms with Crippen LogP contribution < -0.4 is 0 Å². The number of thiocyanates is 1. The molecule has 1 rings (SSSR count). The summed E-state index contributed by atoms with van der Waals surface area (Å²) in [7, 11) is 0. The zero-order valence-electron chi connectivity index (χ0n) is 7.04. The molecular formula is C9H11NS2. The highest BCUT2D eigenvalue weighted by Gasteiger charge is 1.96. The highest BCUT2D eigenvalue weighted by Crippen LogP contribution is 2.17. The van der Waals surface area contributed by atoms with Gasteiger partial charge in [-0.1, -0.05) is 0 Å². The molecule has 1 nitrogen and oxygen atoms in total. The summed E-state index contributed by atoms with van der Waals surface area (Å²) in [6.45, 7) is 2.12. The summed E-state index contributed by atoms with van der Waals surface area (Å²) in [5.74, 6) is 0.952. The second-order valence-corrected chi connectivity index (χ2v) is 4.81. The Bertz CT molecular complexity index is 272. The Morgan fingerprint density at radius 2 is 2.42 bits per heavy atom. The third-order valence-corrected chi connectivity index (χ3v) is 3.21. The van der Waals surface area contributed by atoms with E-state index in [1.54, 1.807) is 0 Å². The first-order valence-electron chi connectivity index (χ1n) is 3.89. The molecule has 3 heteroatoms. The van der Waals surface area contributed by atoms with Crippen molar-refractivity contribution in [2.24, 2.45) is 0 Å². The maximum atomic E-state index is 8.28. The number of hydrogen-bond acceptors (Lipinski definition) is 3. The van der Waals surface area contributed by atoms with Gasteiger partial charge in [0.05, 0.1) is 0 Å². The molecule has 0 fully saturated rings. The van der Waals surface area contributed by atoms with Gasteiger partial charge in [-0.2, -0.15) is 5.26 Å². The molecule has 0 bridgehead atoms. The van der Waals surface area contributed by atoms with Gasteiger partial charge in [-0.15, -0.1) is 11.3 Å². The van der Waals surface area contributed by atoms with Gasteiger partial charge in [0.25, 0.3) is 0 Å². The number of nitriles is 1. The topological polar surface area (TPSA) is 23.8 Å². The van der Waals surface area contributed by atoms with Gasteiger partial charge in [0.15, 0.2) is 0 Å². The Morgan fingerprint density at radius 1 is 1.58 bits per heavy atom. The number of aryl methyl sites for hydroxylation is 2. The number of thioether (sulfide) groups is 1. The van der Waals surface area contributed by atoms with Gasteiger partial charge >= 0.3 is 0 Å². The fraction of sp³-hybridized carbons (Fsp3) is 0.444. The third-order valence-electron chi connectivity index (χ3n) is 1.53. The number of hydrogen-bond donors (Lipinski definition) is 0. The van der Waals surface area contributed by atoms with E-state index < -0.39 is 0 Å². The van der Waals surface area contributed by atoms with Crippen LogP contribution in [0.25, 0.3) is 0 Å². The van der Waals surface area contributed by atoms with Crippen molar-refractivity contribution >= 4 is 23.1 Å². The lowest BCUT2D eigenvalue weighted by molar-refractivity contribution is 0.954. The molecule has 0 saturated heterocycles. The van der Waals surface area contributed by atoms with Gasteiger partial charge in [0, 0.05) is 15.5 Å². The van der Waals surface area contributed by atoms with Crippen molar-refractivity contribution in [2.75, 3.05) is 5.75 Å². The highest BCUT2D eigenvalue weighted by atomic mass is 32.2. The van der Waals surface area contributed by atoms with Crippen molar-refractivity contribution in [3.05, 3.63) is 21.9 Å². The largest absolute Gasteiger partial charge is 0.185 e. The molecule has 0 unspecified atom stereocenters. The molecule has 0 atom stereocenters. The van der Waals surface area contributed by atoms with Crippen molar-refractivity contribution in [3.63, 3.8) is 0 Å². The van der Waals surface area contributed by atoms with Gasteiger partial charge in [-0.05, 0) is 43.7 Å². The summed E-state index contributed by atoms with van der Waals surface area (Å²) < 4.78 is 0. The van der Waals surface area contributed by atoms with Crippen LogP contribution in [0.3, 0.4) is 0 Å². The average Bonchev–Trinajstić information content (AvgIpc) is 2.45. The van der Waals surface area contributed by atoms with E-state index in [1.807, 2.05) is 11.3 Å².